The SMILES string of the molecule is O=C(Nc1cccs1)N1CCC[C@H](Oc2cnccn2)C1. The van der Waals surface area contributed by atoms with Gasteiger partial charge in [-0.15, -0.1) is 11.3 Å². The summed E-state index contributed by atoms with van der Waals surface area (Å²) in [4.78, 5) is 22.1. The first-order valence-corrected chi connectivity index (χ1v) is 7.71. The number of carbonyl (C=O) groups is 1. The molecule has 0 radical (unpaired) electrons. The van der Waals surface area contributed by atoms with E-state index in [1.54, 1.807) is 23.5 Å². The standard InChI is InChI=1S/C14H16N4O2S/c19-14(17-13-4-2-8-21-13)18-7-1-3-11(10-18)20-12-9-15-5-6-16-12/h2,4-6,8-9,11H,1,3,7,10H2,(H,17,19)/t11-/m0/s1. The number of piperidine rings is 1. The highest BCUT2D eigenvalue weighted by Gasteiger charge is 2.25. The minimum Gasteiger partial charge on any atom is -0.471 e. The van der Waals surface area contributed by atoms with Crippen molar-refractivity contribution in [2.24, 2.45) is 0 Å². The van der Waals surface area contributed by atoms with E-state index < -0.39 is 0 Å². The van der Waals surface area contributed by atoms with E-state index in [1.807, 2.05) is 17.5 Å². The van der Waals surface area contributed by atoms with E-state index in [4.69, 9.17) is 4.74 Å². The Morgan fingerprint density at radius 2 is 2.43 bits per heavy atom. The molecule has 3 rings (SSSR count). The van der Waals surface area contributed by atoms with E-state index >= 15 is 0 Å². The first-order chi connectivity index (χ1) is 10.3. The minimum absolute atomic E-state index is 0.0375. The molecule has 21 heavy (non-hydrogen) atoms. The zero-order chi connectivity index (χ0) is 14.5. The molecule has 1 saturated heterocycles. The van der Waals surface area contributed by atoms with Crippen molar-refractivity contribution in [2.75, 3.05) is 18.4 Å². The minimum atomic E-state index is -0.0788. The van der Waals surface area contributed by atoms with E-state index in [2.05, 4.69) is 15.3 Å². The molecule has 2 aromatic rings. The Morgan fingerprint density at radius 1 is 1.48 bits per heavy atom. The fraction of sp³-hybridized carbons (Fsp3) is 0.357. The number of urea groups is 1. The van der Waals surface area contributed by atoms with Crippen LogP contribution in [0.15, 0.2) is 36.1 Å². The van der Waals surface area contributed by atoms with Crippen LogP contribution in [0.25, 0.3) is 0 Å². The number of anilines is 1. The molecule has 1 aliphatic heterocycles. The maximum Gasteiger partial charge on any atom is 0.322 e. The second-order valence-corrected chi connectivity index (χ2v) is 5.73. The van der Waals surface area contributed by atoms with Crippen LogP contribution in [0, 0.1) is 0 Å². The van der Waals surface area contributed by atoms with Crippen molar-refractivity contribution in [3.8, 4) is 5.88 Å². The fourth-order valence-electron chi connectivity index (χ4n) is 2.27. The summed E-state index contributed by atoms with van der Waals surface area (Å²) in [6.45, 7) is 1.31. The van der Waals surface area contributed by atoms with Gasteiger partial charge < -0.3 is 9.64 Å². The lowest BCUT2D eigenvalue weighted by Gasteiger charge is -2.32. The van der Waals surface area contributed by atoms with Crippen LogP contribution in [-0.4, -0.2) is 40.1 Å². The molecule has 1 N–H and O–H groups in total. The van der Waals surface area contributed by atoms with Gasteiger partial charge in [0.2, 0.25) is 5.88 Å². The van der Waals surface area contributed by atoms with Gasteiger partial charge in [0.05, 0.1) is 17.7 Å². The third-order valence-electron chi connectivity index (χ3n) is 3.24. The van der Waals surface area contributed by atoms with Crippen LogP contribution in [0.5, 0.6) is 5.88 Å². The molecule has 1 aliphatic rings. The van der Waals surface area contributed by atoms with Gasteiger partial charge in [-0.2, -0.15) is 0 Å². The number of nitrogens with one attached hydrogen (secondary N) is 1. The van der Waals surface area contributed by atoms with Crippen molar-refractivity contribution in [2.45, 2.75) is 18.9 Å². The molecule has 0 spiro atoms. The van der Waals surface area contributed by atoms with Crippen LogP contribution in [0.3, 0.4) is 0 Å². The zero-order valence-electron chi connectivity index (χ0n) is 11.4. The Balaban J connectivity index is 1.56. The maximum absolute atomic E-state index is 12.2. The number of hydrogen-bond donors (Lipinski definition) is 1. The van der Waals surface area contributed by atoms with Crippen LogP contribution in [0.4, 0.5) is 9.80 Å². The summed E-state index contributed by atoms with van der Waals surface area (Å²) < 4.78 is 5.78. The molecular weight excluding hydrogens is 288 g/mol. The number of amides is 2. The first-order valence-electron chi connectivity index (χ1n) is 6.83. The van der Waals surface area contributed by atoms with Gasteiger partial charge >= 0.3 is 6.03 Å². The van der Waals surface area contributed by atoms with Crippen LogP contribution < -0.4 is 10.1 Å². The summed E-state index contributed by atoms with van der Waals surface area (Å²) in [6, 6.07) is 3.72. The molecule has 0 aromatic carbocycles. The number of nitrogens with zero attached hydrogens (tertiary/aromatic N) is 3. The van der Waals surface area contributed by atoms with Crippen molar-refractivity contribution in [1.29, 1.82) is 0 Å². The predicted molar refractivity (Wildman–Crippen MR) is 80.6 cm³/mol. The molecule has 2 amide bonds. The number of rotatable bonds is 3. The van der Waals surface area contributed by atoms with Crippen LogP contribution in [-0.2, 0) is 0 Å². The van der Waals surface area contributed by atoms with Gasteiger partial charge in [-0.3, -0.25) is 10.3 Å². The van der Waals surface area contributed by atoms with Gasteiger partial charge in [-0.25, -0.2) is 9.78 Å². The smallest absolute Gasteiger partial charge is 0.322 e. The lowest BCUT2D eigenvalue weighted by atomic mass is 10.1. The zero-order valence-corrected chi connectivity index (χ0v) is 12.3. The summed E-state index contributed by atoms with van der Waals surface area (Å²) in [7, 11) is 0. The van der Waals surface area contributed by atoms with Crippen LogP contribution >= 0.6 is 11.3 Å². The Bertz CT molecular complexity index is 576. The van der Waals surface area contributed by atoms with Crippen molar-refractivity contribution in [3.63, 3.8) is 0 Å². The van der Waals surface area contributed by atoms with Crippen molar-refractivity contribution in [1.82, 2.24) is 14.9 Å². The predicted octanol–water partition coefficient (Wildman–Crippen LogP) is 2.61. The van der Waals surface area contributed by atoms with Gasteiger partial charge in [-0.1, -0.05) is 0 Å². The lowest BCUT2D eigenvalue weighted by Crippen LogP contribution is -2.46. The normalized spacial score (nSPS) is 18.3. The quantitative estimate of drug-likeness (QED) is 0.946. The van der Waals surface area contributed by atoms with E-state index in [-0.39, 0.29) is 12.1 Å². The second kappa shape index (κ2) is 6.53. The Kier molecular flexibility index (Phi) is 4.30. The molecule has 6 nitrogen and oxygen atoms in total. The highest BCUT2D eigenvalue weighted by Crippen LogP contribution is 2.19. The third kappa shape index (κ3) is 3.69. The molecule has 2 aromatic heterocycles. The summed E-state index contributed by atoms with van der Waals surface area (Å²) in [5, 5.41) is 5.69. The molecule has 3 heterocycles. The number of thiophene rings is 1. The highest BCUT2D eigenvalue weighted by atomic mass is 32.1. The van der Waals surface area contributed by atoms with Gasteiger partial charge in [0, 0.05) is 18.9 Å². The van der Waals surface area contributed by atoms with Crippen molar-refractivity contribution >= 4 is 22.4 Å². The molecular formula is C14H16N4O2S. The molecule has 0 bridgehead atoms. The van der Waals surface area contributed by atoms with Crippen molar-refractivity contribution < 1.29 is 9.53 Å². The lowest BCUT2D eigenvalue weighted by molar-refractivity contribution is 0.102. The average molecular weight is 304 g/mol. The molecule has 0 saturated carbocycles. The number of carbonyl (C=O) groups excluding carboxylic acids is 1. The molecule has 0 aliphatic carbocycles. The molecule has 0 unspecified atom stereocenters. The van der Waals surface area contributed by atoms with Gasteiger partial charge in [0.15, 0.2) is 0 Å². The summed E-state index contributed by atoms with van der Waals surface area (Å²) in [5.74, 6) is 0.503. The monoisotopic (exact) mass is 304 g/mol. The van der Waals surface area contributed by atoms with Crippen LogP contribution in [0.1, 0.15) is 12.8 Å². The van der Waals surface area contributed by atoms with Gasteiger partial charge in [0.1, 0.15) is 6.10 Å². The van der Waals surface area contributed by atoms with E-state index in [9.17, 15) is 4.79 Å². The maximum atomic E-state index is 12.2. The number of hydrogen-bond acceptors (Lipinski definition) is 5. The Hall–Kier alpha value is -2.15. The van der Waals surface area contributed by atoms with E-state index in [1.165, 1.54) is 11.3 Å². The Labute approximate surface area is 126 Å². The van der Waals surface area contributed by atoms with E-state index in [0.717, 1.165) is 24.4 Å². The summed E-state index contributed by atoms with van der Waals surface area (Å²) in [5.41, 5.74) is 0. The third-order valence-corrected chi connectivity index (χ3v) is 4.03. The van der Waals surface area contributed by atoms with Gasteiger partial charge in [-0.05, 0) is 30.4 Å². The molecule has 1 atom stereocenters. The van der Waals surface area contributed by atoms with Crippen LogP contribution in [0.2, 0.25) is 0 Å². The van der Waals surface area contributed by atoms with Gasteiger partial charge in [0.25, 0.3) is 0 Å². The Morgan fingerprint density at radius 3 is 3.19 bits per heavy atom. The summed E-state index contributed by atoms with van der Waals surface area (Å²) >= 11 is 1.51. The second-order valence-electron chi connectivity index (χ2n) is 4.78. The number of likely N-dealkylation sites (tertiary alicyclic amines) is 1. The molecule has 1 fully saturated rings. The van der Waals surface area contributed by atoms with Crippen molar-refractivity contribution in [3.05, 3.63) is 36.1 Å². The molecule has 110 valence electrons. The number of ether oxygens (including phenoxy) is 1. The average Bonchev–Trinajstić information content (AvgIpc) is 3.01. The first kappa shape index (κ1) is 13.8. The number of aromatic nitrogens is 2. The summed E-state index contributed by atoms with van der Waals surface area (Å²) in [6.07, 6.45) is 6.59. The largest absolute Gasteiger partial charge is 0.471 e. The van der Waals surface area contributed by atoms with E-state index in [0.29, 0.717) is 12.4 Å². The fourth-order valence-corrected chi connectivity index (χ4v) is 2.88. The topological polar surface area (TPSA) is 67.4 Å². The molecule has 7 heteroatoms. The highest BCUT2D eigenvalue weighted by molar-refractivity contribution is 7.14.